The summed E-state index contributed by atoms with van der Waals surface area (Å²) < 4.78 is 2.42. The molecule has 11 heavy (non-hydrogen) atoms. The minimum atomic E-state index is 1.20. The second-order valence-corrected chi connectivity index (χ2v) is 3.29. The van der Waals surface area contributed by atoms with Crippen molar-refractivity contribution in [1.82, 2.24) is 4.57 Å². The van der Waals surface area contributed by atoms with Crippen molar-refractivity contribution in [3.05, 3.63) is 23.5 Å². The van der Waals surface area contributed by atoms with Crippen LogP contribution in [-0.4, -0.2) is 4.57 Å². The van der Waals surface area contributed by atoms with E-state index in [1.165, 1.54) is 32.2 Å². The first-order valence-corrected chi connectivity index (χ1v) is 4.58. The van der Waals surface area contributed by atoms with Gasteiger partial charge in [-0.15, -0.1) is 0 Å². The molecule has 0 aromatic carbocycles. The maximum Gasteiger partial charge on any atom is 0.0222 e. The van der Waals surface area contributed by atoms with Crippen LogP contribution in [-0.2, 0) is 19.4 Å². The summed E-state index contributed by atoms with van der Waals surface area (Å²) in [5.41, 5.74) is 3.16. The molecule has 1 aromatic heterocycles. The highest BCUT2D eigenvalue weighted by molar-refractivity contribution is 5.23. The molecule has 1 heteroatoms. The molecule has 1 nitrogen and oxygen atoms in total. The third-order valence-electron chi connectivity index (χ3n) is 2.62. The lowest BCUT2D eigenvalue weighted by atomic mass is 10.1. The van der Waals surface area contributed by atoms with E-state index in [9.17, 15) is 0 Å². The van der Waals surface area contributed by atoms with E-state index in [2.05, 4.69) is 23.8 Å². The molecule has 0 unspecified atom stereocenters. The Morgan fingerprint density at radius 1 is 1.45 bits per heavy atom. The number of rotatable bonds is 1. The lowest BCUT2D eigenvalue weighted by Gasteiger charge is -2.15. The van der Waals surface area contributed by atoms with Crippen molar-refractivity contribution in [1.29, 1.82) is 0 Å². The van der Waals surface area contributed by atoms with Gasteiger partial charge in [0.15, 0.2) is 0 Å². The van der Waals surface area contributed by atoms with Crippen molar-refractivity contribution in [2.75, 3.05) is 0 Å². The van der Waals surface area contributed by atoms with Crippen molar-refractivity contribution in [3.63, 3.8) is 0 Å². The van der Waals surface area contributed by atoms with Crippen LogP contribution in [0.2, 0.25) is 0 Å². The number of aryl methyl sites for hydroxylation is 2. The van der Waals surface area contributed by atoms with Gasteiger partial charge in [0.2, 0.25) is 0 Å². The molecule has 0 spiro atoms. The molecule has 1 aliphatic rings. The fraction of sp³-hybridized carbons (Fsp3) is 0.600. The van der Waals surface area contributed by atoms with Crippen LogP contribution in [0.5, 0.6) is 0 Å². The lowest BCUT2D eigenvalue weighted by molar-refractivity contribution is 0.530. The van der Waals surface area contributed by atoms with Crippen LogP contribution in [0, 0.1) is 0 Å². The van der Waals surface area contributed by atoms with Gasteiger partial charge >= 0.3 is 0 Å². The fourth-order valence-corrected chi connectivity index (χ4v) is 1.96. The monoisotopic (exact) mass is 149 g/mol. The van der Waals surface area contributed by atoms with E-state index in [4.69, 9.17) is 0 Å². The summed E-state index contributed by atoms with van der Waals surface area (Å²) in [6.45, 7) is 3.49. The van der Waals surface area contributed by atoms with Gasteiger partial charge in [0, 0.05) is 18.4 Å². The topological polar surface area (TPSA) is 4.93 Å². The smallest absolute Gasteiger partial charge is 0.0222 e. The van der Waals surface area contributed by atoms with Crippen molar-refractivity contribution in [2.24, 2.45) is 0 Å². The molecule has 0 N–H and O–H groups in total. The summed E-state index contributed by atoms with van der Waals surface area (Å²) in [6, 6.07) is 2.28. The summed E-state index contributed by atoms with van der Waals surface area (Å²) in [5.74, 6) is 0. The van der Waals surface area contributed by atoms with Gasteiger partial charge in [0.1, 0.15) is 0 Å². The van der Waals surface area contributed by atoms with Crippen LogP contribution >= 0.6 is 0 Å². The van der Waals surface area contributed by atoms with Gasteiger partial charge < -0.3 is 4.57 Å². The summed E-state index contributed by atoms with van der Waals surface area (Å²) in [6.07, 6.45) is 7.49. The Bertz CT molecular complexity index is 234. The zero-order valence-corrected chi connectivity index (χ0v) is 7.14. The zero-order chi connectivity index (χ0) is 7.68. The normalized spacial score (nSPS) is 16.5. The Balaban J connectivity index is 2.38. The Morgan fingerprint density at radius 3 is 3.18 bits per heavy atom. The van der Waals surface area contributed by atoms with E-state index in [1.54, 1.807) is 11.3 Å². The second kappa shape index (κ2) is 2.72. The first-order chi connectivity index (χ1) is 5.42. The van der Waals surface area contributed by atoms with E-state index in [-0.39, 0.29) is 0 Å². The summed E-state index contributed by atoms with van der Waals surface area (Å²) in [7, 11) is 0. The van der Waals surface area contributed by atoms with Gasteiger partial charge in [-0.2, -0.15) is 0 Å². The van der Waals surface area contributed by atoms with Crippen molar-refractivity contribution >= 4 is 0 Å². The molecular weight excluding hydrogens is 134 g/mol. The molecule has 1 aromatic rings. The third kappa shape index (κ3) is 1.09. The van der Waals surface area contributed by atoms with Crippen LogP contribution in [0.1, 0.15) is 31.0 Å². The maximum atomic E-state index is 2.42. The number of hydrogen-bond acceptors (Lipinski definition) is 0. The minimum Gasteiger partial charge on any atom is -0.351 e. The number of aromatic nitrogens is 1. The summed E-state index contributed by atoms with van der Waals surface area (Å²) in [4.78, 5) is 0. The van der Waals surface area contributed by atoms with Crippen LogP contribution in [0.3, 0.4) is 0 Å². The van der Waals surface area contributed by atoms with Crippen LogP contribution in [0.15, 0.2) is 12.3 Å². The Kier molecular flexibility index (Phi) is 1.72. The fourth-order valence-electron chi connectivity index (χ4n) is 1.96. The molecule has 2 rings (SSSR count). The van der Waals surface area contributed by atoms with Crippen LogP contribution in [0.4, 0.5) is 0 Å². The van der Waals surface area contributed by atoms with Crippen LogP contribution in [0.25, 0.3) is 0 Å². The van der Waals surface area contributed by atoms with E-state index >= 15 is 0 Å². The molecule has 0 saturated heterocycles. The predicted octanol–water partition coefficient (Wildman–Crippen LogP) is 2.39. The lowest BCUT2D eigenvalue weighted by Crippen LogP contribution is -2.09. The standard InChI is InChI=1S/C10H15N/c1-2-9-6-8-11-7-4-3-5-10(9)11/h6,8H,2-5,7H2,1H3. The van der Waals surface area contributed by atoms with Gasteiger partial charge in [0.25, 0.3) is 0 Å². The SMILES string of the molecule is CCc1ccn2c1CCCC2. The average Bonchev–Trinajstić information content (AvgIpc) is 2.47. The van der Waals surface area contributed by atoms with Crippen molar-refractivity contribution < 1.29 is 0 Å². The van der Waals surface area contributed by atoms with E-state index in [1.807, 2.05) is 0 Å². The van der Waals surface area contributed by atoms with E-state index < -0.39 is 0 Å². The molecule has 0 radical (unpaired) electrons. The Hall–Kier alpha value is -0.720. The predicted molar refractivity (Wildman–Crippen MR) is 46.7 cm³/mol. The largest absolute Gasteiger partial charge is 0.351 e. The highest BCUT2D eigenvalue weighted by Crippen LogP contribution is 2.19. The van der Waals surface area contributed by atoms with Crippen molar-refractivity contribution in [3.8, 4) is 0 Å². The molecule has 0 saturated carbocycles. The van der Waals surface area contributed by atoms with E-state index in [0.29, 0.717) is 0 Å². The zero-order valence-electron chi connectivity index (χ0n) is 7.14. The number of hydrogen-bond donors (Lipinski definition) is 0. The molecule has 0 amide bonds. The highest BCUT2D eigenvalue weighted by atomic mass is 15.0. The minimum absolute atomic E-state index is 1.20. The molecular formula is C10H15N. The summed E-state index contributed by atoms with van der Waals surface area (Å²) in [5, 5.41) is 0. The molecule has 60 valence electrons. The number of fused-ring (bicyclic) bond motifs is 1. The van der Waals surface area contributed by atoms with Crippen LogP contribution < -0.4 is 0 Å². The second-order valence-electron chi connectivity index (χ2n) is 3.29. The third-order valence-corrected chi connectivity index (χ3v) is 2.62. The molecule has 0 atom stereocenters. The molecule has 1 aliphatic heterocycles. The van der Waals surface area contributed by atoms with Gasteiger partial charge in [-0.25, -0.2) is 0 Å². The maximum absolute atomic E-state index is 2.42. The number of nitrogens with zero attached hydrogens (tertiary/aromatic N) is 1. The highest BCUT2D eigenvalue weighted by Gasteiger charge is 2.10. The average molecular weight is 149 g/mol. The summed E-state index contributed by atoms with van der Waals surface area (Å²) >= 11 is 0. The Labute approximate surface area is 68.0 Å². The van der Waals surface area contributed by atoms with Gasteiger partial charge in [0.05, 0.1) is 0 Å². The quantitative estimate of drug-likeness (QED) is 0.577. The van der Waals surface area contributed by atoms with Gasteiger partial charge in [-0.1, -0.05) is 6.92 Å². The van der Waals surface area contributed by atoms with Gasteiger partial charge in [-0.3, -0.25) is 0 Å². The van der Waals surface area contributed by atoms with Gasteiger partial charge in [-0.05, 0) is 37.3 Å². The molecule has 2 heterocycles. The van der Waals surface area contributed by atoms with Crippen molar-refractivity contribution in [2.45, 2.75) is 39.2 Å². The first-order valence-electron chi connectivity index (χ1n) is 4.58. The molecule has 0 fully saturated rings. The Morgan fingerprint density at radius 2 is 2.36 bits per heavy atom. The molecule has 0 bridgehead atoms. The van der Waals surface area contributed by atoms with E-state index in [0.717, 1.165) is 0 Å². The first kappa shape index (κ1) is 6.96. The molecule has 0 aliphatic carbocycles.